The van der Waals surface area contributed by atoms with E-state index in [9.17, 15) is 4.79 Å². The number of nitrogens with zero attached hydrogens (tertiary/aromatic N) is 2. The fraction of sp³-hybridized carbons (Fsp3) is 0.500. The van der Waals surface area contributed by atoms with E-state index >= 15 is 0 Å². The van der Waals surface area contributed by atoms with Crippen molar-refractivity contribution >= 4 is 41.8 Å². The highest BCUT2D eigenvalue weighted by Crippen LogP contribution is 2.18. The second kappa shape index (κ2) is 8.67. The Labute approximate surface area is 154 Å². The van der Waals surface area contributed by atoms with Gasteiger partial charge in [0.25, 0.3) is 0 Å². The standard InChI is InChI=1S/C16H22N4O2.2ClH/c1-12-19-13-4-2-3-5-14(13)20(12)9-8-18-15(21)16(17)6-10-22-11-7-16;;/h2-5H,6-11,17H2,1H3,(H,18,21);2*1H. The molecule has 8 heteroatoms. The predicted octanol–water partition coefficient (Wildman–Crippen LogP) is 1.81. The highest BCUT2D eigenvalue weighted by Gasteiger charge is 2.35. The van der Waals surface area contributed by atoms with Gasteiger partial charge in [0.2, 0.25) is 5.91 Å². The minimum atomic E-state index is -0.787. The van der Waals surface area contributed by atoms with Crippen LogP contribution in [-0.2, 0) is 16.1 Å². The number of aryl methyl sites for hydroxylation is 1. The number of halogens is 2. The highest BCUT2D eigenvalue weighted by molar-refractivity contribution is 5.86. The van der Waals surface area contributed by atoms with Gasteiger partial charge in [-0.2, -0.15) is 0 Å². The van der Waals surface area contributed by atoms with Crippen molar-refractivity contribution in [3.05, 3.63) is 30.1 Å². The maximum absolute atomic E-state index is 12.3. The van der Waals surface area contributed by atoms with Gasteiger partial charge in [0.05, 0.1) is 16.6 Å². The number of fused-ring (bicyclic) bond motifs is 1. The number of nitrogens with one attached hydrogen (secondary N) is 1. The van der Waals surface area contributed by atoms with Gasteiger partial charge < -0.3 is 20.4 Å². The van der Waals surface area contributed by atoms with Gasteiger partial charge >= 0.3 is 0 Å². The molecule has 3 N–H and O–H groups in total. The lowest BCUT2D eigenvalue weighted by Crippen LogP contribution is -2.57. The molecule has 1 amide bonds. The summed E-state index contributed by atoms with van der Waals surface area (Å²) in [6, 6.07) is 8.01. The first-order valence-electron chi connectivity index (χ1n) is 7.67. The monoisotopic (exact) mass is 374 g/mol. The van der Waals surface area contributed by atoms with Crippen LogP contribution in [0.25, 0.3) is 11.0 Å². The molecular formula is C16H24Cl2N4O2. The summed E-state index contributed by atoms with van der Waals surface area (Å²) in [5.74, 6) is 0.863. The molecule has 1 aromatic carbocycles. The number of benzene rings is 1. The van der Waals surface area contributed by atoms with Crippen LogP contribution in [-0.4, -0.2) is 40.8 Å². The van der Waals surface area contributed by atoms with Crippen molar-refractivity contribution in [3.8, 4) is 0 Å². The molecule has 0 radical (unpaired) electrons. The predicted molar refractivity (Wildman–Crippen MR) is 98.9 cm³/mol. The first-order chi connectivity index (χ1) is 10.6. The fourth-order valence-corrected chi connectivity index (χ4v) is 2.90. The van der Waals surface area contributed by atoms with Crippen LogP contribution >= 0.6 is 24.8 Å². The molecule has 0 spiro atoms. The average Bonchev–Trinajstić information content (AvgIpc) is 2.84. The van der Waals surface area contributed by atoms with Gasteiger partial charge in [0.15, 0.2) is 0 Å². The molecule has 134 valence electrons. The number of nitrogens with two attached hydrogens (primary N) is 1. The van der Waals surface area contributed by atoms with Crippen molar-refractivity contribution in [1.82, 2.24) is 14.9 Å². The maximum atomic E-state index is 12.3. The number of carbonyl (C=O) groups excluding carboxylic acids is 1. The summed E-state index contributed by atoms with van der Waals surface area (Å²) in [4.78, 5) is 16.8. The number of ether oxygens (including phenoxy) is 1. The van der Waals surface area contributed by atoms with Crippen LogP contribution in [0.2, 0.25) is 0 Å². The van der Waals surface area contributed by atoms with E-state index in [-0.39, 0.29) is 30.7 Å². The largest absolute Gasteiger partial charge is 0.381 e. The number of carbonyl (C=O) groups is 1. The van der Waals surface area contributed by atoms with Gasteiger partial charge in [-0.3, -0.25) is 4.79 Å². The Balaban J connectivity index is 0.00000144. The molecule has 0 bridgehead atoms. The Morgan fingerprint density at radius 3 is 2.71 bits per heavy atom. The van der Waals surface area contributed by atoms with E-state index in [4.69, 9.17) is 10.5 Å². The number of imidazole rings is 1. The Kier molecular flexibility index (Phi) is 7.48. The van der Waals surface area contributed by atoms with Gasteiger partial charge in [0.1, 0.15) is 5.82 Å². The molecule has 0 unspecified atom stereocenters. The highest BCUT2D eigenvalue weighted by atomic mass is 35.5. The van der Waals surface area contributed by atoms with E-state index < -0.39 is 5.54 Å². The Bertz CT molecular complexity index is 684. The molecule has 1 saturated heterocycles. The third-order valence-electron chi connectivity index (χ3n) is 4.30. The number of amides is 1. The second-order valence-electron chi connectivity index (χ2n) is 5.82. The van der Waals surface area contributed by atoms with E-state index in [1.807, 2.05) is 31.2 Å². The molecule has 0 saturated carbocycles. The number of hydrogen-bond donors (Lipinski definition) is 2. The maximum Gasteiger partial charge on any atom is 0.240 e. The molecule has 0 atom stereocenters. The van der Waals surface area contributed by atoms with Crippen LogP contribution in [0.5, 0.6) is 0 Å². The topological polar surface area (TPSA) is 82.2 Å². The normalized spacial score (nSPS) is 16.1. The van der Waals surface area contributed by atoms with Gasteiger partial charge in [0, 0.05) is 26.3 Å². The van der Waals surface area contributed by atoms with Crippen LogP contribution in [0.15, 0.2) is 24.3 Å². The number of rotatable bonds is 4. The molecule has 3 rings (SSSR count). The number of aromatic nitrogens is 2. The molecule has 1 fully saturated rings. The first kappa shape index (κ1) is 20.7. The summed E-state index contributed by atoms with van der Waals surface area (Å²) >= 11 is 0. The van der Waals surface area contributed by atoms with Crippen LogP contribution in [0, 0.1) is 6.92 Å². The average molecular weight is 375 g/mol. The summed E-state index contributed by atoms with van der Waals surface area (Å²) in [5, 5.41) is 2.95. The Morgan fingerprint density at radius 1 is 1.33 bits per heavy atom. The SMILES string of the molecule is Cc1nc2ccccc2n1CCNC(=O)C1(N)CCOCC1.Cl.Cl. The summed E-state index contributed by atoms with van der Waals surface area (Å²) in [6.07, 6.45) is 1.15. The van der Waals surface area contributed by atoms with Crippen molar-refractivity contribution in [2.45, 2.75) is 31.8 Å². The van der Waals surface area contributed by atoms with E-state index in [2.05, 4.69) is 14.9 Å². The molecule has 0 aliphatic carbocycles. The summed E-state index contributed by atoms with van der Waals surface area (Å²) < 4.78 is 7.38. The van der Waals surface area contributed by atoms with Crippen molar-refractivity contribution < 1.29 is 9.53 Å². The quantitative estimate of drug-likeness (QED) is 0.854. The fourth-order valence-electron chi connectivity index (χ4n) is 2.90. The lowest BCUT2D eigenvalue weighted by Gasteiger charge is -2.31. The summed E-state index contributed by atoms with van der Waals surface area (Å²) in [7, 11) is 0. The Hall–Kier alpha value is -1.34. The van der Waals surface area contributed by atoms with Crippen LogP contribution in [0.1, 0.15) is 18.7 Å². The molecular weight excluding hydrogens is 351 g/mol. The second-order valence-corrected chi connectivity index (χ2v) is 5.82. The third-order valence-corrected chi connectivity index (χ3v) is 4.30. The van der Waals surface area contributed by atoms with E-state index in [0.29, 0.717) is 39.1 Å². The molecule has 6 nitrogen and oxygen atoms in total. The molecule has 1 aliphatic rings. The minimum absolute atomic E-state index is 0. The van der Waals surface area contributed by atoms with E-state index in [0.717, 1.165) is 16.9 Å². The van der Waals surface area contributed by atoms with Crippen LogP contribution in [0.3, 0.4) is 0 Å². The van der Waals surface area contributed by atoms with Crippen molar-refractivity contribution in [2.75, 3.05) is 19.8 Å². The molecule has 24 heavy (non-hydrogen) atoms. The van der Waals surface area contributed by atoms with Gasteiger partial charge in [-0.15, -0.1) is 24.8 Å². The lowest BCUT2D eigenvalue weighted by molar-refractivity contribution is -0.129. The zero-order valence-corrected chi connectivity index (χ0v) is 15.3. The number of hydrogen-bond acceptors (Lipinski definition) is 4. The molecule has 2 aromatic rings. The lowest BCUT2D eigenvalue weighted by atomic mass is 9.90. The minimum Gasteiger partial charge on any atom is -0.381 e. The molecule has 2 heterocycles. The van der Waals surface area contributed by atoms with Crippen molar-refractivity contribution in [2.24, 2.45) is 5.73 Å². The zero-order valence-electron chi connectivity index (χ0n) is 13.7. The number of para-hydroxylation sites is 2. The van der Waals surface area contributed by atoms with E-state index in [1.165, 1.54) is 0 Å². The van der Waals surface area contributed by atoms with Crippen molar-refractivity contribution in [3.63, 3.8) is 0 Å². The van der Waals surface area contributed by atoms with Crippen molar-refractivity contribution in [1.29, 1.82) is 0 Å². The van der Waals surface area contributed by atoms with Crippen LogP contribution in [0.4, 0.5) is 0 Å². The van der Waals surface area contributed by atoms with Gasteiger partial charge in [-0.1, -0.05) is 12.1 Å². The third kappa shape index (κ3) is 4.19. The van der Waals surface area contributed by atoms with Crippen LogP contribution < -0.4 is 11.1 Å². The van der Waals surface area contributed by atoms with Gasteiger partial charge in [-0.25, -0.2) is 4.98 Å². The van der Waals surface area contributed by atoms with E-state index in [1.54, 1.807) is 0 Å². The summed E-state index contributed by atoms with van der Waals surface area (Å²) in [6.45, 7) is 4.31. The Morgan fingerprint density at radius 2 is 2.00 bits per heavy atom. The van der Waals surface area contributed by atoms with Gasteiger partial charge in [-0.05, 0) is 31.9 Å². The molecule has 1 aliphatic heterocycles. The first-order valence-corrected chi connectivity index (χ1v) is 7.67. The molecule has 1 aromatic heterocycles. The smallest absolute Gasteiger partial charge is 0.240 e. The summed E-state index contributed by atoms with van der Waals surface area (Å²) in [5.41, 5.74) is 7.45. The zero-order chi connectivity index (χ0) is 15.6.